The average molecular weight is 368 g/mol. The van der Waals surface area contributed by atoms with Crippen LogP contribution in [-0.2, 0) is 0 Å². The van der Waals surface area contributed by atoms with E-state index in [1.165, 1.54) is 18.3 Å². The fourth-order valence-corrected chi connectivity index (χ4v) is 2.35. The van der Waals surface area contributed by atoms with Gasteiger partial charge in [0.25, 0.3) is 0 Å². The zero-order chi connectivity index (χ0) is 10.3. The Balaban J connectivity index is 2.94. The SMILES string of the molecule is [O-][n+]1cc(I)cc2c(Br)cc(F)cc21. The average Bonchev–Trinajstić information content (AvgIpc) is 2.07. The summed E-state index contributed by atoms with van der Waals surface area (Å²) in [4.78, 5) is 0. The van der Waals surface area contributed by atoms with Crippen LogP contribution in [-0.4, -0.2) is 0 Å². The Hall–Kier alpha value is -0.430. The molecule has 1 aromatic heterocycles. The lowest BCUT2D eigenvalue weighted by Gasteiger charge is -2.03. The van der Waals surface area contributed by atoms with Gasteiger partial charge in [0.2, 0.25) is 5.52 Å². The Morgan fingerprint density at radius 2 is 2.07 bits per heavy atom. The van der Waals surface area contributed by atoms with Crippen LogP contribution in [0.2, 0.25) is 0 Å². The molecule has 0 spiro atoms. The maximum absolute atomic E-state index is 13.0. The maximum atomic E-state index is 13.0. The molecule has 72 valence electrons. The summed E-state index contributed by atoms with van der Waals surface area (Å²) < 4.78 is 15.1. The van der Waals surface area contributed by atoms with E-state index < -0.39 is 5.82 Å². The van der Waals surface area contributed by atoms with Gasteiger partial charge in [-0.25, -0.2) is 4.39 Å². The van der Waals surface area contributed by atoms with Crippen LogP contribution < -0.4 is 4.73 Å². The Labute approximate surface area is 102 Å². The second kappa shape index (κ2) is 3.62. The molecule has 0 aliphatic carbocycles. The number of nitrogens with zero attached hydrogens (tertiary/aromatic N) is 1. The first kappa shape index (κ1) is 10.1. The maximum Gasteiger partial charge on any atom is 0.227 e. The molecule has 0 atom stereocenters. The highest BCUT2D eigenvalue weighted by molar-refractivity contribution is 14.1. The topological polar surface area (TPSA) is 26.9 Å². The summed E-state index contributed by atoms with van der Waals surface area (Å²) >= 11 is 5.26. The van der Waals surface area contributed by atoms with E-state index in [4.69, 9.17) is 0 Å². The second-order valence-corrected chi connectivity index (χ2v) is 4.90. The minimum absolute atomic E-state index is 0.331. The van der Waals surface area contributed by atoms with Gasteiger partial charge < -0.3 is 5.21 Å². The summed E-state index contributed by atoms with van der Waals surface area (Å²) in [6, 6.07) is 4.40. The Kier molecular flexibility index (Phi) is 2.61. The van der Waals surface area contributed by atoms with Crippen molar-refractivity contribution < 1.29 is 9.12 Å². The smallest absolute Gasteiger partial charge is 0.227 e. The van der Waals surface area contributed by atoms with E-state index >= 15 is 0 Å². The van der Waals surface area contributed by atoms with Crippen LogP contribution in [0.3, 0.4) is 0 Å². The van der Waals surface area contributed by atoms with Crippen LogP contribution >= 0.6 is 38.5 Å². The molecule has 2 aromatic rings. The van der Waals surface area contributed by atoms with Gasteiger partial charge in [0.1, 0.15) is 5.82 Å². The number of benzene rings is 1. The fourth-order valence-electron chi connectivity index (χ4n) is 1.25. The highest BCUT2D eigenvalue weighted by atomic mass is 127. The number of rotatable bonds is 0. The van der Waals surface area contributed by atoms with Crippen LogP contribution in [0.15, 0.2) is 28.9 Å². The molecule has 2 rings (SSSR count). The van der Waals surface area contributed by atoms with Crippen LogP contribution in [0.1, 0.15) is 0 Å². The summed E-state index contributed by atoms with van der Waals surface area (Å²) in [5, 5.41) is 12.1. The predicted octanol–water partition coefficient (Wildman–Crippen LogP) is 2.98. The number of halogens is 3. The lowest BCUT2D eigenvalue weighted by Crippen LogP contribution is -2.27. The van der Waals surface area contributed by atoms with Gasteiger partial charge in [0, 0.05) is 10.5 Å². The first-order valence-corrected chi connectivity index (χ1v) is 5.62. The van der Waals surface area contributed by atoms with Crippen molar-refractivity contribution in [3.63, 3.8) is 0 Å². The fraction of sp³-hybridized carbons (Fsp3) is 0. The third kappa shape index (κ3) is 1.70. The molecule has 0 saturated carbocycles. The molecule has 0 aliphatic heterocycles. The van der Waals surface area contributed by atoms with Gasteiger partial charge in [-0.05, 0) is 50.7 Å². The van der Waals surface area contributed by atoms with Crippen molar-refractivity contribution in [3.8, 4) is 0 Å². The molecule has 0 radical (unpaired) electrons. The van der Waals surface area contributed by atoms with Gasteiger partial charge in [-0.2, -0.15) is 4.73 Å². The lowest BCUT2D eigenvalue weighted by molar-refractivity contribution is -0.577. The van der Waals surface area contributed by atoms with Crippen molar-refractivity contribution in [2.45, 2.75) is 0 Å². The second-order valence-electron chi connectivity index (χ2n) is 2.80. The van der Waals surface area contributed by atoms with Gasteiger partial charge >= 0.3 is 0 Å². The number of hydrogen-bond donors (Lipinski definition) is 0. The normalized spacial score (nSPS) is 10.8. The summed E-state index contributed by atoms with van der Waals surface area (Å²) in [5.41, 5.74) is 0.331. The largest absolute Gasteiger partial charge is 0.618 e. The molecule has 1 aromatic carbocycles. The Bertz CT molecular complexity index is 470. The summed E-state index contributed by atoms with van der Waals surface area (Å²) in [5.74, 6) is -0.421. The molecule has 0 N–H and O–H groups in total. The third-order valence-electron chi connectivity index (χ3n) is 1.83. The molecule has 2 nitrogen and oxygen atoms in total. The molecule has 0 amide bonds. The zero-order valence-corrected chi connectivity index (χ0v) is 10.5. The minimum atomic E-state index is -0.421. The van der Waals surface area contributed by atoms with Crippen molar-refractivity contribution in [3.05, 3.63) is 43.5 Å². The summed E-state index contributed by atoms with van der Waals surface area (Å²) in [6.07, 6.45) is 1.41. The van der Waals surface area contributed by atoms with Crippen molar-refractivity contribution in [2.75, 3.05) is 0 Å². The van der Waals surface area contributed by atoms with Crippen LogP contribution in [0.4, 0.5) is 4.39 Å². The van der Waals surface area contributed by atoms with E-state index in [-0.39, 0.29) is 0 Å². The van der Waals surface area contributed by atoms with Crippen LogP contribution in [0.5, 0.6) is 0 Å². The van der Waals surface area contributed by atoms with Gasteiger partial charge in [0.05, 0.1) is 8.96 Å². The number of hydrogen-bond acceptors (Lipinski definition) is 1. The molecular weight excluding hydrogens is 364 g/mol. The van der Waals surface area contributed by atoms with Crippen LogP contribution in [0.25, 0.3) is 10.9 Å². The summed E-state index contributed by atoms with van der Waals surface area (Å²) in [6.45, 7) is 0. The van der Waals surface area contributed by atoms with E-state index in [2.05, 4.69) is 15.9 Å². The molecule has 0 fully saturated rings. The highest BCUT2D eigenvalue weighted by Crippen LogP contribution is 2.24. The summed E-state index contributed by atoms with van der Waals surface area (Å²) in [7, 11) is 0. The predicted molar refractivity (Wildman–Crippen MR) is 63.3 cm³/mol. The monoisotopic (exact) mass is 367 g/mol. The van der Waals surface area contributed by atoms with Gasteiger partial charge in [-0.15, -0.1) is 0 Å². The Morgan fingerprint density at radius 3 is 2.79 bits per heavy atom. The molecule has 0 saturated heterocycles. The highest BCUT2D eigenvalue weighted by Gasteiger charge is 2.10. The minimum Gasteiger partial charge on any atom is -0.618 e. The van der Waals surface area contributed by atoms with E-state index in [1.807, 2.05) is 28.7 Å². The zero-order valence-electron chi connectivity index (χ0n) is 6.80. The van der Waals surface area contributed by atoms with E-state index in [0.717, 1.165) is 3.57 Å². The first-order chi connectivity index (χ1) is 6.58. The number of pyridine rings is 1. The van der Waals surface area contributed by atoms with E-state index in [9.17, 15) is 9.60 Å². The quantitative estimate of drug-likeness (QED) is 0.399. The van der Waals surface area contributed by atoms with Crippen molar-refractivity contribution in [1.82, 2.24) is 0 Å². The molecule has 0 unspecified atom stereocenters. The standard InChI is InChI=1S/C9H4BrFINO/c10-8-1-5(11)2-9-7(8)3-6(12)4-13(9)14/h1-4H. The van der Waals surface area contributed by atoms with Crippen molar-refractivity contribution in [1.29, 1.82) is 0 Å². The molecule has 0 bridgehead atoms. The van der Waals surface area contributed by atoms with Gasteiger partial charge in [-0.1, -0.05) is 0 Å². The third-order valence-corrected chi connectivity index (χ3v) is 3.08. The van der Waals surface area contributed by atoms with E-state index in [0.29, 0.717) is 20.1 Å². The van der Waals surface area contributed by atoms with Crippen molar-refractivity contribution >= 4 is 49.4 Å². The number of aromatic nitrogens is 1. The van der Waals surface area contributed by atoms with Gasteiger partial charge in [0.15, 0.2) is 6.20 Å². The first-order valence-electron chi connectivity index (χ1n) is 3.75. The molecular formula is C9H4BrFINO. The van der Waals surface area contributed by atoms with E-state index in [1.54, 1.807) is 0 Å². The lowest BCUT2D eigenvalue weighted by atomic mass is 10.2. The number of fused-ring (bicyclic) bond motifs is 1. The van der Waals surface area contributed by atoms with Gasteiger partial charge in [-0.3, -0.25) is 0 Å². The van der Waals surface area contributed by atoms with Crippen LogP contribution in [0, 0.1) is 14.6 Å². The molecule has 1 heterocycles. The molecule has 0 aliphatic rings. The molecule has 5 heteroatoms. The molecule has 14 heavy (non-hydrogen) atoms. The van der Waals surface area contributed by atoms with Crippen molar-refractivity contribution in [2.24, 2.45) is 0 Å². The Morgan fingerprint density at radius 1 is 1.36 bits per heavy atom.